The Morgan fingerprint density at radius 1 is 1.29 bits per heavy atom. The van der Waals surface area contributed by atoms with Gasteiger partial charge in [0.25, 0.3) is 0 Å². The molecule has 1 aliphatic heterocycles. The number of hydrogen-bond acceptors (Lipinski definition) is 3. The zero-order chi connectivity index (χ0) is 11.9. The predicted octanol–water partition coefficient (Wildman–Crippen LogP) is 1.95. The van der Waals surface area contributed by atoms with Crippen LogP contribution in [0.5, 0.6) is 5.75 Å². The minimum Gasteiger partial charge on any atom is -0.494 e. The van der Waals surface area contributed by atoms with Gasteiger partial charge in [-0.2, -0.15) is 0 Å². The molecule has 0 bridgehead atoms. The highest BCUT2D eigenvalue weighted by Gasteiger charge is 2.12. The summed E-state index contributed by atoms with van der Waals surface area (Å²) in [5.74, 6) is 1.66. The zero-order valence-electron chi connectivity index (χ0n) is 10.2. The summed E-state index contributed by atoms with van der Waals surface area (Å²) in [6.45, 7) is 3.17. The van der Waals surface area contributed by atoms with Crippen LogP contribution in [0.4, 0.5) is 0 Å². The largest absolute Gasteiger partial charge is 0.494 e. The first-order chi connectivity index (χ1) is 8.38. The van der Waals surface area contributed by atoms with Gasteiger partial charge in [-0.05, 0) is 56.0 Å². The summed E-state index contributed by atoms with van der Waals surface area (Å²) in [6, 6.07) is 7.64. The average Bonchev–Trinajstić information content (AvgIpc) is 2.41. The molecule has 0 aromatic heterocycles. The van der Waals surface area contributed by atoms with Crippen molar-refractivity contribution in [3.05, 3.63) is 29.8 Å². The number of aliphatic hydroxyl groups is 1. The lowest BCUT2D eigenvalue weighted by atomic mass is 9.97. The summed E-state index contributed by atoms with van der Waals surface area (Å²) in [5.41, 5.74) is 0.925. The molecule has 17 heavy (non-hydrogen) atoms. The Bertz CT molecular complexity index is 317. The second-order valence-corrected chi connectivity index (χ2v) is 4.65. The molecule has 1 aliphatic rings. The van der Waals surface area contributed by atoms with Gasteiger partial charge in [-0.25, -0.2) is 0 Å². The molecule has 1 fully saturated rings. The van der Waals surface area contributed by atoms with Gasteiger partial charge >= 0.3 is 0 Å². The summed E-state index contributed by atoms with van der Waals surface area (Å²) >= 11 is 0. The van der Waals surface area contributed by atoms with Crippen molar-refractivity contribution in [2.45, 2.75) is 25.9 Å². The molecule has 1 aromatic rings. The van der Waals surface area contributed by atoms with Crippen LogP contribution in [0.1, 0.15) is 24.8 Å². The van der Waals surface area contributed by atoms with Gasteiger partial charge in [-0.1, -0.05) is 12.1 Å². The molecule has 0 saturated carbocycles. The lowest BCUT2D eigenvalue weighted by Crippen LogP contribution is -2.30. The fourth-order valence-electron chi connectivity index (χ4n) is 2.20. The van der Waals surface area contributed by atoms with Crippen LogP contribution in [0.2, 0.25) is 0 Å². The fourth-order valence-corrected chi connectivity index (χ4v) is 2.20. The Morgan fingerprint density at radius 2 is 2.12 bits per heavy atom. The fraction of sp³-hybridized carbons (Fsp3) is 0.571. The minimum absolute atomic E-state index is 0.0913. The van der Waals surface area contributed by atoms with Crippen molar-refractivity contribution in [1.29, 1.82) is 0 Å². The van der Waals surface area contributed by atoms with E-state index >= 15 is 0 Å². The Labute approximate surface area is 103 Å². The molecule has 3 nitrogen and oxygen atoms in total. The molecular formula is C14H21NO2. The van der Waals surface area contributed by atoms with Gasteiger partial charge in [0.05, 0.1) is 13.2 Å². The van der Waals surface area contributed by atoms with E-state index in [1.165, 1.54) is 19.4 Å². The molecule has 0 amide bonds. The molecule has 0 spiro atoms. The number of ether oxygens (including phenoxy) is 1. The van der Waals surface area contributed by atoms with E-state index in [0.717, 1.165) is 36.8 Å². The molecule has 2 N–H and O–H groups in total. The van der Waals surface area contributed by atoms with Crippen molar-refractivity contribution in [3.8, 4) is 5.75 Å². The van der Waals surface area contributed by atoms with Crippen LogP contribution in [0.25, 0.3) is 0 Å². The van der Waals surface area contributed by atoms with E-state index < -0.39 is 0 Å². The van der Waals surface area contributed by atoms with Crippen LogP contribution in [0.3, 0.4) is 0 Å². The van der Waals surface area contributed by atoms with Gasteiger partial charge in [-0.15, -0.1) is 0 Å². The molecule has 94 valence electrons. The summed E-state index contributed by atoms with van der Waals surface area (Å²) < 4.78 is 5.70. The first-order valence-electron chi connectivity index (χ1n) is 6.42. The molecule has 1 aromatic carbocycles. The van der Waals surface area contributed by atoms with E-state index in [1.54, 1.807) is 0 Å². The summed E-state index contributed by atoms with van der Waals surface area (Å²) in [6.07, 6.45) is 3.73. The van der Waals surface area contributed by atoms with Gasteiger partial charge in [0, 0.05) is 0 Å². The van der Waals surface area contributed by atoms with Gasteiger partial charge in [0.15, 0.2) is 0 Å². The van der Waals surface area contributed by atoms with Gasteiger partial charge in [0.1, 0.15) is 5.75 Å². The number of aliphatic hydroxyl groups excluding tert-OH is 1. The molecule has 1 unspecified atom stereocenters. The van der Waals surface area contributed by atoms with Crippen LogP contribution in [0.15, 0.2) is 24.3 Å². The first-order valence-corrected chi connectivity index (χ1v) is 6.42. The molecule has 0 radical (unpaired) electrons. The molecule has 2 rings (SSSR count). The van der Waals surface area contributed by atoms with Crippen LogP contribution in [0, 0.1) is 5.92 Å². The van der Waals surface area contributed by atoms with Crippen LogP contribution in [-0.2, 0) is 6.61 Å². The normalized spacial score (nSPS) is 20.2. The van der Waals surface area contributed by atoms with Gasteiger partial charge < -0.3 is 15.2 Å². The summed E-state index contributed by atoms with van der Waals surface area (Å²) in [5, 5.41) is 12.3. The van der Waals surface area contributed by atoms with Crippen molar-refractivity contribution in [2.24, 2.45) is 5.92 Å². The Hall–Kier alpha value is -1.06. The van der Waals surface area contributed by atoms with Gasteiger partial charge in [-0.3, -0.25) is 0 Å². The highest BCUT2D eigenvalue weighted by molar-refractivity contribution is 5.26. The summed E-state index contributed by atoms with van der Waals surface area (Å²) in [4.78, 5) is 0. The van der Waals surface area contributed by atoms with Crippen LogP contribution in [-0.4, -0.2) is 24.8 Å². The second kappa shape index (κ2) is 6.62. The topological polar surface area (TPSA) is 41.5 Å². The van der Waals surface area contributed by atoms with E-state index in [9.17, 15) is 0 Å². The Kier molecular flexibility index (Phi) is 4.83. The Balaban J connectivity index is 1.69. The van der Waals surface area contributed by atoms with Crippen molar-refractivity contribution in [2.75, 3.05) is 19.7 Å². The van der Waals surface area contributed by atoms with Crippen molar-refractivity contribution >= 4 is 0 Å². The second-order valence-electron chi connectivity index (χ2n) is 4.65. The van der Waals surface area contributed by atoms with Crippen LogP contribution < -0.4 is 10.1 Å². The van der Waals surface area contributed by atoms with E-state index in [0.29, 0.717) is 0 Å². The van der Waals surface area contributed by atoms with E-state index in [-0.39, 0.29) is 6.61 Å². The molecule has 1 atom stereocenters. The highest BCUT2D eigenvalue weighted by Crippen LogP contribution is 2.16. The maximum absolute atomic E-state index is 8.93. The summed E-state index contributed by atoms with van der Waals surface area (Å²) in [7, 11) is 0. The molecule has 0 aliphatic carbocycles. The number of hydrogen-bond donors (Lipinski definition) is 2. The smallest absolute Gasteiger partial charge is 0.119 e. The maximum atomic E-state index is 8.93. The van der Waals surface area contributed by atoms with E-state index in [1.807, 2.05) is 24.3 Å². The molecule has 3 heteroatoms. The standard InChI is InChI=1S/C14H21NO2/c16-11-13-3-5-14(6-4-13)17-9-7-12-2-1-8-15-10-12/h3-6,12,15-16H,1-2,7-11H2. The lowest BCUT2D eigenvalue weighted by molar-refractivity contribution is 0.253. The third-order valence-electron chi connectivity index (χ3n) is 3.30. The highest BCUT2D eigenvalue weighted by atomic mass is 16.5. The minimum atomic E-state index is 0.0913. The zero-order valence-corrected chi connectivity index (χ0v) is 10.2. The van der Waals surface area contributed by atoms with Crippen molar-refractivity contribution in [1.82, 2.24) is 5.32 Å². The maximum Gasteiger partial charge on any atom is 0.119 e. The van der Waals surface area contributed by atoms with Gasteiger partial charge in [0.2, 0.25) is 0 Å². The van der Waals surface area contributed by atoms with Crippen molar-refractivity contribution in [3.63, 3.8) is 0 Å². The number of rotatable bonds is 5. The third kappa shape index (κ3) is 4.02. The Morgan fingerprint density at radius 3 is 2.76 bits per heavy atom. The molecular weight excluding hydrogens is 214 g/mol. The monoisotopic (exact) mass is 235 g/mol. The molecule has 1 saturated heterocycles. The quantitative estimate of drug-likeness (QED) is 0.819. The van der Waals surface area contributed by atoms with Crippen LogP contribution >= 0.6 is 0 Å². The first kappa shape index (κ1) is 12.4. The third-order valence-corrected chi connectivity index (χ3v) is 3.30. The van der Waals surface area contributed by atoms with Crippen molar-refractivity contribution < 1.29 is 9.84 Å². The number of piperidine rings is 1. The predicted molar refractivity (Wildman–Crippen MR) is 68.1 cm³/mol. The number of benzene rings is 1. The SMILES string of the molecule is OCc1ccc(OCCC2CCCNC2)cc1. The number of nitrogens with one attached hydrogen (secondary N) is 1. The van der Waals surface area contributed by atoms with E-state index in [2.05, 4.69) is 5.32 Å². The average molecular weight is 235 g/mol. The molecule has 1 heterocycles. The van der Waals surface area contributed by atoms with E-state index in [4.69, 9.17) is 9.84 Å². The lowest BCUT2D eigenvalue weighted by Gasteiger charge is -2.22.